The zero-order valence-corrected chi connectivity index (χ0v) is 11.7. The van der Waals surface area contributed by atoms with Crippen molar-refractivity contribution in [3.05, 3.63) is 95.6 Å². The van der Waals surface area contributed by atoms with Gasteiger partial charge in [0.05, 0.1) is 0 Å². The molecular weight excluding hydrogens is 256 g/mol. The molecule has 3 rings (SSSR count). The van der Waals surface area contributed by atoms with Crippen LogP contribution in [0, 0.1) is 0 Å². The first-order valence-corrected chi connectivity index (χ1v) is 7.00. The summed E-state index contributed by atoms with van der Waals surface area (Å²) >= 11 is 0. The fourth-order valence-electron chi connectivity index (χ4n) is 2.66. The molecule has 0 heterocycles. The van der Waals surface area contributed by atoms with E-state index in [0.717, 1.165) is 16.9 Å². The molecule has 0 aliphatic rings. The van der Waals surface area contributed by atoms with E-state index in [0.29, 0.717) is 0 Å². The van der Waals surface area contributed by atoms with Gasteiger partial charge in [-0.25, -0.2) is 0 Å². The highest BCUT2D eigenvalue weighted by atomic mass is 14.6. The van der Waals surface area contributed by atoms with Gasteiger partial charge in [0, 0.05) is 17.3 Å². The average Bonchev–Trinajstić information content (AvgIpc) is 2.52. The molecule has 21 heavy (non-hydrogen) atoms. The lowest BCUT2D eigenvalue weighted by Gasteiger charge is -2.20. The van der Waals surface area contributed by atoms with Gasteiger partial charge in [-0.05, 0) is 34.9 Å². The van der Waals surface area contributed by atoms with Crippen molar-refractivity contribution in [3.8, 4) is 0 Å². The average molecular weight is 274 g/mol. The summed E-state index contributed by atoms with van der Waals surface area (Å²) in [6, 6.07) is 26.4. The minimum Gasteiger partial charge on any atom is -0.399 e. The summed E-state index contributed by atoms with van der Waals surface area (Å²) in [6.07, 6.45) is 0. The van der Waals surface area contributed by atoms with E-state index >= 15 is 0 Å². The van der Waals surface area contributed by atoms with Gasteiger partial charge in [-0.2, -0.15) is 0 Å². The molecule has 0 fully saturated rings. The number of hydrogen-bond donors (Lipinski definition) is 2. The van der Waals surface area contributed by atoms with Gasteiger partial charge in [0.15, 0.2) is 0 Å². The third-order valence-corrected chi connectivity index (χ3v) is 3.71. The predicted octanol–water partition coefficient (Wildman–Crippen LogP) is 4.03. The summed E-state index contributed by atoms with van der Waals surface area (Å²) < 4.78 is 0. The molecule has 0 aliphatic heterocycles. The van der Waals surface area contributed by atoms with Crippen molar-refractivity contribution in [3.63, 3.8) is 0 Å². The van der Waals surface area contributed by atoms with Crippen molar-refractivity contribution in [2.24, 2.45) is 0 Å². The number of rotatable bonds is 3. The van der Waals surface area contributed by atoms with E-state index in [2.05, 4.69) is 42.5 Å². The lowest BCUT2D eigenvalue weighted by atomic mass is 9.84. The van der Waals surface area contributed by atoms with Crippen LogP contribution in [-0.4, -0.2) is 0 Å². The van der Waals surface area contributed by atoms with Crippen LogP contribution in [0.4, 0.5) is 11.4 Å². The smallest absolute Gasteiger partial charge is 0.0360 e. The van der Waals surface area contributed by atoms with Crippen molar-refractivity contribution in [2.75, 3.05) is 11.5 Å². The van der Waals surface area contributed by atoms with Crippen LogP contribution in [0.5, 0.6) is 0 Å². The Labute approximate surface area is 125 Å². The van der Waals surface area contributed by atoms with Crippen LogP contribution in [0.3, 0.4) is 0 Å². The molecule has 2 nitrogen and oxygen atoms in total. The molecule has 3 aromatic rings. The SMILES string of the molecule is Nc1ccc(C(c2ccccc2)c2ccccc2N)cc1. The lowest BCUT2D eigenvalue weighted by Crippen LogP contribution is -2.06. The maximum Gasteiger partial charge on any atom is 0.0360 e. The molecule has 4 N–H and O–H groups in total. The molecule has 3 aromatic carbocycles. The molecule has 0 saturated carbocycles. The van der Waals surface area contributed by atoms with Gasteiger partial charge >= 0.3 is 0 Å². The van der Waals surface area contributed by atoms with E-state index in [1.165, 1.54) is 11.1 Å². The summed E-state index contributed by atoms with van der Waals surface area (Å²) in [5, 5.41) is 0. The van der Waals surface area contributed by atoms with Gasteiger partial charge in [-0.15, -0.1) is 0 Å². The Morgan fingerprint density at radius 2 is 1.14 bits per heavy atom. The monoisotopic (exact) mass is 274 g/mol. The van der Waals surface area contributed by atoms with Crippen molar-refractivity contribution in [2.45, 2.75) is 5.92 Å². The fraction of sp³-hybridized carbons (Fsp3) is 0.0526. The Morgan fingerprint density at radius 1 is 0.571 bits per heavy atom. The Morgan fingerprint density at radius 3 is 1.81 bits per heavy atom. The van der Waals surface area contributed by atoms with E-state index in [9.17, 15) is 0 Å². The van der Waals surface area contributed by atoms with E-state index in [-0.39, 0.29) is 5.92 Å². The van der Waals surface area contributed by atoms with Crippen molar-refractivity contribution in [1.82, 2.24) is 0 Å². The highest BCUT2D eigenvalue weighted by molar-refractivity contribution is 5.56. The van der Waals surface area contributed by atoms with Gasteiger partial charge in [-0.3, -0.25) is 0 Å². The van der Waals surface area contributed by atoms with Crippen LogP contribution in [0.25, 0.3) is 0 Å². The summed E-state index contributed by atoms with van der Waals surface area (Å²) in [7, 11) is 0. The van der Waals surface area contributed by atoms with Gasteiger partial charge in [0.25, 0.3) is 0 Å². The summed E-state index contributed by atoms with van der Waals surface area (Å²) in [5.74, 6) is 0.119. The lowest BCUT2D eigenvalue weighted by molar-refractivity contribution is 0.981. The second kappa shape index (κ2) is 5.71. The minimum absolute atomic E-state index is 0.119. The molecule has 1 atom stereocenters. The third kappa shape index (κ3) is 2.75. The highest BCUT2D eigenvalue weighted by Crippen LogP contribution is 2.35. The molecule has 1 unspecified atom stereocenters. The fourth-order valence-corrected chi connectivity index (χ4v) is 2.66. The summed E-state index contributed by atoms with van der Waals surface area (Å²) in [6.45, 7) is 0. The molecule has 104 valence electrons. The molecule has 0 aliphatic carbocycles. The molecule has 0 bridgehead atoms. The van der Waals surface area contributed by atoms with Gasteiger partial charge in [-0.1, -0.05) is 60.7 Å². The Hall–Kier alpha value is -2.74. The predicted molar refractivity (Wildman–Crippen MR) is 89.1 cm³/mol. The van der Waals surface area contributed by atoms with E-state index in [4.69, 9.17) is 11.5 Å². The van der Waals surface area contributed by atoms with Crippen LogP contribution < -0.4 is 11.5 Å². The Bertz CT molecular complexity index is 718. The molecule has 0 radical (unpaired) electrons. The van der Waals surface area contributed by atoms with Crippen molar-refractivity contribution in [1.29, 1.82) is 0 Å². The maximum absolute atomic E-state index is 6.20. The summed E-state index contributed by atoms with van der Waals surface area (Å²) in [4.78, 5) is 0. The molecule has 0 aromatic heterocycles. The first-order chi connectivity index (χ1) is 10.3. The largest absolute Gasteiger partial charge is 0.399 e. The number of hydrogen-bond acceptors (Lipinski definition) is 2. The normalized spacial score (nSPS) is 12.0. The number of anilines is 2. The van der Waals surface area contributed by atoms with E-state index in [1.54, 1.807) is 0 Å². The zero-order valence-electron chi connectivity index (χ0n) is 11.7. The van der Waals surface area contributed by atoms with Gasteiger partial charge < -0.3 is 11.5 Å². The van der Waals surface area contributed by atoms with Crippen LogP contribution in [0.1, 0.15) is 22.6 Å². The van der Waals surface area contributed by atoms with Crippen LogP contribution in [0.15, 0.2) is 78.9 Å². The standard InChI is InChI=1S/C19H18N2/c20-16-12-10-15(11-13-16)19(14-6-2-1-3-7-14)17-8-4-5-9-18(17)21/h1-13,19H,20-21H2. The van der Waals surface area contributed by atoms with Crippen LogP contribution in [0.2, 0.25) is 0 Å². The molecular formula is C19H18N2. The number of nitrogens with two attached hydrogens (primary N) is 2. The van der Waals surface area contributed by atoms with Crippen LogP contribution >= 0.6 is 0 Å². The highest BCUT2D eigenvalue weighted by Gasteiger charge is 2.18. The second-order valence-electron chi connectivity index (χ2n) is 5.14. The molecule has 0 saturated heterocycles. The van der Waals surface area contributed by atoms with Gasteiger partial charge in [0.1, 0.15) is 0 Å². The third-order valence-electron chi connectivity index (χ3n) is 3.71. The molecule has 0 amide bonds. The Balaban J connectivity index is 2.16. The number of benzene rings is 3. The van der Waals surface area contributed by atoms with Gasteiger partial charge in [0.2, 0.25) is 0 Å². The maximum atomic E-state index is 6.20. The van der Waals surface area contributed by atoms with E-state index < -0.39 is 0 Å². The first-order valence-electron chi connectivity index (χ1n) is 7.00. The molecule has 2 heteroatoms. The topological polar surface area (TPSA) is 52.0 Å². The van der Waals surface area contributed by atoms with Crippen molar-refractivity contribution >= 4 is 11.4 Å². The second-order valence-corrected chi connectivity index (χ2v) is 5.14. The molecule has 0 spiro atoms. The number of nitrogen functional groups attached to an aromatic ring is 2. The first kappa shape index (κ1) is 13.3. The van der Waals surface area contributed by atoms with E-state index in [1.807, 2.05) is 36.4 Å². The minimum atomic E-state index is 0.119. The van der Waals surface area contributed by atoms with Crippen molar-refractivity contribution < 1.29 is 0 Å². The number of para-hydroxylation sites is 1. The van der Waals surface area contributed by atoms with Crippen LogP contribution in [-0.2, 0) is 0 Å². The zero-order chi connectivity index (χ0) is 14.7. The quantitative estimate of drug-likeness (QED) is 0.559. The Kier molecular flexibility index (Phi) is 3.61. The summed E-state index contributed by atoms with van der Waals surface area (Å²) in [5.41, 5.74) is 17.1.